The molecule has 0 fully saturated rings. The van der Waals surface area contributed by atoms with E-state index in [2.05, 4.69) is 106 Å². The molecule has 34 heavy (non-hydrogen) atoms. The molecule has 180 valence electrons. The van der Waals surface area contributed by atoms with Crippen molar-refractivity contribution >= 4 is 33.8 Å². The Labute approximate surface area is 200 Å². The fourth-order valence-corrected chi connectivity index (χ4v) is 3.04. The zero-order chi connectivity index (χ0) is 24.8. The van der Waals surface area contributed by atoms with Gasteiger partial charge in [0.15, 0.2) is 17.1 Å². The molecule has 0 aliphatic carbocycles. The van der Waals surface area contributed by atoms with Gasteiger partial charge in [-0.3, -0.25) is 0 Å². The highest BCUT2D eigenvalue weighted by atomic mass is 15.1. The van der Waals surface area contributed by atoms with Crippen molar-refractivity contribution < 1.29 is 0 Å². The van der Waals surface area contributed by atoms with Crippen LogP contribution in [0, 0.1) is 0 Å². The van der Waals surface area contributed by atoms with Crippen molar-refractivity contribution in [3.05, 3.63) is 36.6 Å². The molecule has 10 nitrogen and oxygen atoms in total. The van der Waals surface area contributed by atoms with Gasteiger partial charge in [-0.15, -0.1) is 0 Å². The second-order valence-corrected chi connectivity index (χ2v) is 9.26. The lowest BCUT2D eigenvalue weighted by atomic mass is 10.2. The zero-order valence-electron chi connectivity index (χ0n) is 21.2. The van der Waals surface area contributed by atoms with Crippen LogP contribution in [0.25, 0.3) is 22.2 Å². The van der Waals surface area contributed by atoms with E-state index in [1.54, 1.807) is 18.6 Å². The lowest BCUT2D eigenvalue weighted by Gasteiger charge is -2.13. The van der Waals surface area contributed by atoms with Crippen molar-refractivity contribution in [1.29, 1.82) is 0 Å². The van der Waals surface area contributed by atoms with E-state index >= 15 is 0 Å². The number of fused-ring (bicyclic) bond motifs is 2. The Morgan fingerprint density at radius 1 is 0.618 bits per heavy atom. The van der Waals surface area contributed by atoms with Gasteiger partial charge in [0.25, 0.3) is 0 Å². The lowest BCUT2D eigenvalue weighted by Crippen LogP contribution is -2.14. The Bertz CT molecular complexity index is 1140. The number of hydrogen-bond donors (Lipinski definition) is 2. The third-order valence-corrected chi connectivity index (χ3v) is 4.63. The molecule has 4 rings (SSSR count). The van der Waals surface area contributed by atoms with Gasteiger partial charge in [0.05, 0.1) is 5.39 Å². The van der Waals surface area contributed by atoms with Gasteiger partial charge < -0.3 is 10.6 Å². The third kappa shape index (κ3) is 6.27. The highest BCUT2D eigenvalue weighted by Gasteiger charge is 2.13. The fraction of sp³-hybridized carbons (Fsp3) is 0.500. The van der Waals surface area contributed by atoms with Crippen LogP contribution in [0.2, 0.25) is 0 Å². The molecule has 0 unspecified atom stereocenters. The maximum atomic E-state index is 4.54. The quantitative estimate of drug-likeness (QED) is 0.415. The van der Waals surface area contributed by atoms with E-state index < -0.39 is 0 Å². The van der Waals surface area contributed by atoms with Crippen LogP contribution >= 0.6 is 0 Å². The molecular formula is C24H34N10. The van der Waals surface area contributed by atoms with Crippen LogP contribution in [-0.4, -0.2) is 52.0 Å². The van der Waals surface area contributed by atoms with Gasteiger partial charge in [0, 0.05) is 42.5 Å². The number of hydrogen-bond acceptors (Lipinski definition) is 10. The monoisotopic (exact) mass is 462 g/mol. The predicted octanol–water partition coefficient (Wildman–Crippen LogP) is 4.73. The van der Waals surface area contributed by atoms with Crippen molar-refractivity contribution in [2.24, 2.45) is 0 Å². The predicted molar refractivity (Wildman–Crippen MR) is 136 cm³/mol. The number of nitrogens with one attached hydrogen (secondary N) is 2. The van der Waals surface area contributed by atoms with E-state index in [4.69, 9.17) is 0 Å². The van der Waals surface area contributed by atoms with Gasteiger partial charge >= 0.3 is 0 Å². The molecule has 0 bridgehead atoms. The van der Waals surface area contributed by atoms with Gasteiger partial charge in [-0.05, 0) is 27.7 Å². The SMILES string of the molecule is CC(C)Nc1nc(C(C)C)nc2nccnc12.CC(C)Nc1nc(C(C)C)nc2ncncc12. The zero-order valence-corrected chi connectivity index (χ0v) is 21.2. The number of anilines is 2. The molecular weight excluding hydrogens is 428 g/mol. The summed E-state index contributed by atoms with van der Waals surface area (Å²) in [6.07, 6.45) is 6.57. The van der Waals surface area contributed by atoms with E-state index in [1.807, 2.05) is 0 Å². The molecule has 0 aromatic carbocycles. The maximum absolute atomic E-state index is 4.54. The standard InChI is InChI=1S/2C12H17N5/c1-7(2)10-16-11-9(5-13-6-14-11)12(17-10)15-8(3)4;1-7(2)10-16-11-9(13-5-6-14-11)12(17-10)15-8(3)4/h5-8H,1-4H3,(H,13,14,15,16,17);5-8H,1-4H3,(H,14,15,16,17). The third-order valence-electron chi connectivity index (χ3n) is 4.63. The Morgan fingerprint density at radius 2 is 1.18 bits per heavy atom. The van der Waals surface area contributed by atoms with Crippen LogP contribution in [-0.2, 0) is 0 Å². The Balaban J connectivity index is 0.000000191. The minimum absolute atomic E-state index is 0.272. The van der Waals surface area contributed by atoms with Gasteiger partial charge in [-0.25, -0.2) is 39.9 Å². The van der Waals surface area contributed by atoms with Gasteiger partial charge in [-0.1, -0.05) is 27.7 Å². The fourth-order valence-electron chi connectivity index (χ4n) is 3.04. The van der Waals surface area contributed by atoms with E-state index in [-0.39, 0.29) is 11.8 Å². The van der Waals surface area contributed by atoms with Crippen LogP contribution in [0.3, 0.4) is 0 Å². The Hall–Kier alpha value is -3.56. The van der Waals surface area contributed by atoms with Crippen molar-refractivity contribution in [1.82, 2.24) is 39.9 Å². The lowest BCUT2D eigenvalue weighted by molar-refractivity contribution is 0.775. The van der Waals surface area contributed by atoms with Crippen LogP contribution < -0.4 is 10.6 Å². The molecule has 0 atom stereocenters. The normalized spacial score (nSPS) is 11.4. The first-order chi connectivity index (χ1) is 16.2. The molecule has 2 N–H and O–H groups in total. The number of nitrogens with zero attached hydrogens (tertiary/aromatic N) is 8. The first-order valence-corrected chi connectivity index (χ1v) is 11.6. The first kappa shape index (κ1) is 25.1. The Morgan fingerprint density at radius 3 is 1.79 bits per heavy atom. The topological polar surface area (TPSA) is 127 Å². The van der Waals surface area contributed by atoms with Crippen molar-refractivity contribution in [2.75, 3.05) is 10.6 Å². The van der Waals surface area contributed by atoms with Gasteiger partial charge in [-0.2, -0.15) is 0 Å². The number of rotatable bonds is 6. The Kier molecular flexibility index (Phi) is 8.14. The summed E-state index contributed by atoms with van der Waals surface area (Å²) in [5.41, 5.74) is 2.07. The van der Waals surface area contributed by atoms with E-state index in [9.17, 15) is 0 Å². The van der Waals surface area contributed by atoms with Gasteiger partial charge in [0.1, 0.15) is 29.3 Å². The van der Waals surface area contributed by atoms with Crippen molar-refractivity contribution in [3.8, 4) is 0 Å². The molecule has 0 spiro atoms. The second-order valence-electron chi connectivity index (χ2n) is 9.26. The molecule has 4 aromatic heterocycles. The second kappa shape index (κ2) is 11.0. The average molecular weight is 463 g/mol. The minimum Gasteiger partial charge on any atom is -0.367 e. The molecule has 0 radical (unpaired) electrons. The summed E-state index contributed by atoms with van der Waals surface area (Å²) in [6, 6.07) is 0.614. The summed E-state index contributed by atoms with van der Waals surface area (Å²) in [7, 11) is 0. The van der Waals surface area contributed by atoms with Crippen LogP contribution in [0.15, 0.2) is 24.9 Å². The molecule has 0 saturated heterocycles. The van der Waals surface area contributed by atoms with Crippen LogP contribution in [0.1, 0.15) is 78.9 Å². The smallest absolute Gasteiger partial charge is 0.183 e. The minimum atomic E-state index is 0.272. The van der Waals surface area contributed by atoms with Crippen LogP contribution in [0.5, 0.6) is 0 Å². The summed E-state index contributed by atoms with van der Waals surface area (Å²) in [5.74, 6) is 3.73. The average Bonchev–Trinajstić information content (AvgIpc) is 2.78. The van der Waals surface area contributed by atoms with Crippen LogP contribution in [0.4, 0.5) is 11.6 Å². The summed E-state index contributed by atoms with van der Waals surface area (Å²) < 4.78 is 0. The molecule has 0 saturated carbocycles. The molecule has 10 heteroatoms. The summed E-state index contributed by atoms with van der Waals surface area (Å²) >= 11 is 0. The maximum Gasteiger partial charge on any atom is 0.183 e. The van der Waals surface area contributed by atoms with Gasteiger partial charge in [0.2, 0.25) is 0 Å². The molecule has 0 aliphatic rings. The van der Waals surface area contributed by atoms with E-state index in [0.29, 0.717) is 23.4 Å². The largest absolute Gasteiger partial charge is 0.367 e. The van der Waals surface area contributed by atoms with Crippen molar-refractivity contribution in [3.63, 3.8) is 0 Å². The van der Waals surface area contributed by atoms with E-state index in [1.165, 1.54) is 6.33 Å². The summed E-state index contributed by atoms with van der Waals surface area (Å²) in [5, 5.41) is 7.47. The highest BCUT2D eigenvalue weighted by molar-refractivity contribution is 5.85. The van der Waals surface area contributed by atoms with Crippen molar-refractivity contribution in [2.45, 2.75) is 79.3 Å². The summed E-state index contributed by atoms with van der Waals surface area (Å²) in [4.78, 5) is 34.7. The molecule has 4 aromatic rings. The molecule has 0 aliphatic heterocycles. The number of aromatic nitrogens is 8. The molecule has 4 heterocycles. The first-order valence-electron chi connectivity index (χ1n) is 11.6. The molecule has 0 amide bonds. The van der Waals surface area contributed by atoms with E-state index in [0.717, 1.165) is 34.2 Å². The summed E-state index contributed by atoms with van der Waals surface area (Å²) in [6.45, 7) is 16.6. The highest BCUT2D eigenvalue weighted by Crippen LogP contribution is 2.22.